The molecular weight excluding hydrogens is 214 g/mol. The van der Waals surface area contributed by atoms with Crippen molar-refractivity contribution in [3.05, 3.63) is 30.3 Å². The fraction of sp³-hybridized carbons (Fsp3) is 0.385. The molecule has 1 aliphatic rings. The van der Waals surface area contributed by atoms with Crippen molar-refractivity contribution < 1.29 is 4.79 Å². The number of anilines is 1. The number of urea groups is 1. The van der Waals surface area contributed by atoms with Crippen molar-refractivity contribution in [1.29, 1.82) is 5.41 Å². The monoisotopic (exact) mass is 233 g/mol. The summed E-state index contributed by atoms with van der Waals surface area (Å²) in [6.07, 6.45) is 0. The van der Waals surface area contributed by atoms with E-state index in [1.165, 1.54) is 4.90 Å². The molecule has 0 aliphatic carbocycles. The molecule has 1 aliphatic heterocycles. The number of benzene rings is 1. The number of nitrogens with one attached hydrogen (secondary N) is 1. The molecule has 1 fully saturated rings. The minimum atomic E-state index is -0.190. The molecule has 1 heterocycles. The molecule has 1 saturated heterocycles. The highest BCUT2D eigenvalue weighted by Crippen LogP contribution is 2.24. The van der Waals surface area contributed by atoms with Gasteiger partial charge in [-0.1, -0.05) is 32.0 Å². The van der Waals surface area contributed by atoms with Crippen molar-refractivity contribution in [1.82, 2.24) is 4.90 Å². The van der Waals surface area contributed by atoms with E-state index < -0.39 is 0 Å². The van der Waals surface area contributed by atoms with E-state index in [2.05, 4.69) is 0 Å². The predicted molar refractivity (Wildman–Crippen MR) is 70.6 cm³/mol. The van der Waals surface area contributed by atoms with Crippen LogP contribution in [0.1, 0.15) is 20.8 Å². The van der Waals surface area contributed by atoms with Crippen LogP contribution in [0.25, 0.3) is 0 Å². The maximum absolute atomic E-state index is 11.8. The van der Waals surface area contributed by atoms with Crippen LogP contribution >= 0.6 is 0 Å². The number of hydrogen-bond donors (Lipinski definition) is 1. The lowest BCUT2D eigenvalue weighted by atomic mass is 10.2. The number of carbonyl (C=O) groups is 1. The molecule has 17 heavy (non-hydrogen) atoms. The SMILES string of the molecule is CC.CC1C(=N)N(C)C(=O)N1c1ccccc1. The standard InChI is InChI=1S/C11H13N3O.C2H6/c1-8-10(12)13(2)11(15)14(8)9-6-4-3-5-7-9;1-2/h3-8,12H,1-2H3;1-2H3. The Bertz CT molecular complexity index is 402. The fourth-order valence-corrected chi connectivity index (χ4v) is 1.76. The van der Waals surface area contributed by atoms with Crippen molar-refractivity contribution in [2.75, 3.05) is 11.9 Å². The molecule has 0 radical (unpaired) electrons. The third-order valence-corrected chi connectivity index (χ3v) is 2.67. The van der Waals surface area contributed by atoms with Gasteiger partial charge in [-0.25, -0.2) is 4.79 Å². The molecule has 1 aromatic rings. The summed E-state index contributed by atoms with van der Waals surface area (Å²) in [4.78, 5) is 14.8. The first kappa shape index (κ1) is 13.2. The molecule has 1 aromatic carbocycles. The minimum absolute atomic E-state index is 0.140. The van der Waals surface area contributed by atoms with Crippen LogP contribution in [0.2, 0.25) is 0 Å². The Morgan fingerprint density at radius 3 is 2.12 bits per heavy atom. The van der Waals surface area contributed by atoms with Crippen LogP contribution in [0, 0.1) is 5.41 Å². The average molecular weight is 233 g/mol. The van der Waals surface area contributed by atoms with Crippen LogP contribution in [0.4, 0.5) is 10.5 Å². The number of likely N-dealkylation sites (N-methyl/N-ethyl adjacent to an activating group) is 1. The molecule has 0 bridgehead atoms. The highest BCUT2D eigenvalue weighted by atomic mass is 16.2. The summed E-state index contributed by atoms with van der Waals surface area (Å²) in [7, 11) is 1.63. The molecule has 92 valence electrons. The van der Waals surface area contributed by atoms with Crippen molar-refractivity contribution in [2.45, 2.75) is 26.8 Å². The summed E-state index contributed by atoms with van der Waals surface area (Å²) in [5, 5.41) is 7.73. The molecule has 4 nitrogen and oxygen atoms in total. The summed E-state index contributed by atoms with van der Waals surface area (Å²) in [6, 6.07) is 9.10. The third-order valence-electron chi connectivity index (χ3n) is 2.67. The Balaban J connectivity index is 0.000000686. The Hall–Kier alpha value is -1.84. The fourth-order valence-electron chi connectivity index (χ4n) is 1.76. The Labute approximate surface area is 102 Å². The van der Waals surface area contributed by atoms with Gasteiger partial charge < -0.3 is 0 Å². The van der Waals surface area contributed by atoms with E-state index in [0.29, 0.717) is 5.84 Å². The van der Waals surface area contributed by atoms with E-state index in [9.17, 15) is 4.79 Å². The van der Waals surface area contributed by atoms with Crippen LogP contribution in [-0.4, -0.2) is 29.9 Å². The van der Waals surface area contributed by atoms with E-state index in [4.69, 9.17) is 5.41 Å². The van der Waals surface area contributed by atoms with Crippen molar-refractivity contribution in [2.24, 2.45) is 0 Å². The van der Waals surface area contributed by atoms with Gasteiger partial charge in [-0.15, -0.1) is 0 Å². The first-order valence-corrected chi connectivity index (χ1v) is 5.83. The minimum Gasteiger partial charge on any atom is -0.286 e. The third kappa shape index (κ3) is 2.30. The number of hydrogen-bond acceptors (Lipinski definition) is 2. The van der Waals surface area contributed by atoms with E-state index >= 15 is 0 Å². The van der Waals surface area contributed by atoms with Gasteiger partial charge in [0.2, 0.25) is 0 Å². The van der Waals surface area contributed by atoms with E-state index in [-0.39, 0.29) is 12.1 Å². The molecule has 1 atom stereocenters. The van der Waals surface area contributed by atoms with Crippen molar-refractivity contribution in [3.8, 4) is 0 Å². The zero-order valence-electron chi connectivity index (χ0n) is 10.8. The second-order valence-corrected chi connectivity index (χ2v) is 3.61. The van der Waals surface area contributed by atoms with Gasteiger partial charge in [-0.3, -0.25) is 15.2 Å². The van der Waals surface area contributed by atoms with Gasteiger partial charge in [0, 0.05) is 12.7 Å². The Kier molecular flexibility index (Phi) is 4.26. The summed E-state index contributed by atoms with van der Waals surface area (Å²) in [5.74, 6) is 0.337. The number of rotatable bonds is 1. The van der Waals surface area contributed by atoms with Gasteiger partial charge in [0.1, 0.15) is 5.84 Å². The zero-order chi connectivity index (χ0) is 13.0. The maximum atomic E-state index is 11.8. The normalized spacial score (nSPS) is 19.2. The maximum Gasteiger partial charge on any atom is 0.330 e. The van der Waals surface area contributed by atoms with Gasteiger partial charge in [0.05, 0.1) is 6.04 Å². The van der Waals surface area contributed by atoms with Crippen LogP contribution in [0.3, 0.4) is 0 Å². The Morgan fingerprint density at radius 1 is 1.18 bits per heavy atom. The average Bonchev–Trinajstić information content (AvgIpc) is 2.58. The molecular formula is C13H19N3O. The lowest BCUT2D eigenvalue weighted by Crippen LogP contribution is -2.32. The van der Waals surface area contributed by atoms with Gasteiger partial charge in [0.25, 0.3) is 0 Å². The topological polar surface area (TPSA) is 47.4 Å². The smallest absolute Gasteiger partial charge is 0.286 e. The second kappa shape index (κ2) is 5.48. The van der Waals surface area contributed by atoms with Crippen molar-refractivity contribution in [3.63, 3.8) is 0 Å². The molecule has 1 N–H and O–H groups in total. The molecule has 1 unspecified atom stereocenters. The van der Waals surface area contributed by atoms with Crippen molar-refractivity contribution >= 4 is 17.6 Å². The molecule has 0 saturated carbocycles. The quantitative estimate of drug-likeness (QED) is 0.796. The van der Waals surface area contributed by atoms with Gasteiger partial charge in [-0.2, -0.15) is 0 Å². The number of amidine groups is 1. The Morgan fingerprint density at radius 2 is 1.71 bits per heavy atom. The first-order chi connectivity index (χ1) is 8.13. The predicted octanol–water partition coefficient (Wildman–Crippen LogP) is 2.95. The number of para-hydroxylation sites is 1. The van der Waals surface area contributed by atoms with E-state index in [0.717, 1.165) is 5.69 Å². The molecule has 2 amide bonds. The zero-order valence-corrected chi connectivity index (χ0v) is 10.8. The van der Waals surface area contributed by atoms with Gasteiger partial charge >= 0.3 is 6.03 Å². The van der Waals surface area contributed by atoms with Crippen LogP contribution in [0.15, 0.2) is 30.3 Å². The highest BCUT2D eigenvalue weighted by Gasteiger charge is 2.37. The lowest BCUT2D eigenvalue weighted by Gasteiger charge is -2.19. The van der Waals surface area contributed by atoms with Crippen LogP contribution in [0.5, 0.6) is 0 Å². The van der Waals surface area contributed by atoms with E-state index in [1.807, 2.05) is 51.1 Å². The van der Waals surface area contributed by atoms with Crippen LogP contribution in [-0.2, 0) is 0 Å². The van der Waals surface area contributed by atoms with Gasteiger partial charge in [-0.05, 0) is 19.1 Å². The summed E-state index contributed by atoms with van der Waals surface area (Å²) in [6.45, 7) is 5.86. The van der Waals surface area contributed by atoms with Gasteiger partial charge in [0.15, 0.2) is 0 Å². The molecule has 0 aromatic heterocycles. The first-order valence-electron chi connectivity index (χ1n) is 5.83. The molecule has 4 heteroatoms. The summed E-state index contributed by atoms with van der Waals surface area (Å²) in [5.41, 5.74) is 0.837. The number of carbonyl (C=O) groups excluding carboxylic acids is 1. The van der Waals surface area contributed by atoms with Crippen LogP contribution < -0.4 is 4.90 Å². The lowest BCUT2D eigenvalue weighted by molar-refractivity contribution is 0.237. The second-order valence-electron chi connectivity index (χ2n) is 3.61. The summed E-state index contributed by atoms with van der Waals surface area (Å²) >= 11 is 0. The summed E-state index contributed by atoms with van der Waals surface area (Å²) < 4.78 is 0. The van der Waals surface area contributed by atoms with E-state index in [1.54, 1.807) is 11.9 Å². The highest BCUT2D eigenvalue weighted by molar-refractivity contribution is 6.14. The number of amides is 2. The molecule has 2 rings (SSSR count). The largest absolute Gasteiger partial charge is 0.330 e. The molecule has 0 spiro atoms. The number of nitrogens with zero attached hydrogens (tertiary/aromatic N) is 2.